The first kappa shape index (κ1) is 10.6. The second-order valence-corrected chi connectivity index (χ2v) is 5.95. The molecular formula is C12H13NS2. The third kappa shape index (κ3) is 2.76. The highest BCUT2D eigenvalue weighted by atomic mass is 32.2. The quantitative estimate of drug-likeness (QED) is 0.638. The maximum Gasteiger partial charge on any atom is 0.0604 e. The van der Waals surface area contributed by atoms with E-state index in [2.05, 4.69) is 30.5 Å². The van der Waals surface area contributed by atoms with Gasteiger partial charge in [0.1, 0.15) is 0 Å². The van der Waals surface area contributed by atoms with Crippen LogP contribution in [0.4, 0.5) is 5.69 Å². The number of anilines is 1. The number of benzene rings is 1. The summed E-state index contributed by atoms with van der Waals surface area (Å²) in [4.78, 5) is 0. The van der Waals surface area contributed by atoms with Crippen LogP contribution in [-0.4, -0.2) is 0 Å². The standard InChI is InChI=1S/C12H13NS2/c1-9(15-12-6-3-7-14-12)10-4-2-5-11(13)8-10/h2-9H,13H2,1H3. The van der Waals surface area contributed by atoms with E-state index >= 15 is 0 Å². The van der Waals surface area contributed by atoms with Gasteiger partial charge in [-0.2, -0.15) is 0 Å². The lowest BCUT2D eigenvalue weighted by Gasteiger charge is -2.10. The van der Waals surface area contributed by atoms with Crippen LogP contribution in [0.15, 0.2) is 46.0 Å². The molecule has 2 aromatic rings. The fourth-order valence-electron chi connectivity index (χ4n) is 1.38. The van der Waals surface area contributed by atoms with Crippen molar-refractivity contribution in [2.75, 3.05) is 5.73 Å². The number of nitrogen functional groups attached to an aromatic ring is 1. The Morgan fingerprint density at radius 1 is 1.27 bits per heavy atom. The van der Waals surface area contributed by atoms with E-state index in [1.165, 1.54) is 9.77 Å². The minimum atomic E-state index is 0.451. The molecule has 2 rings (SSSR count). The van der Waals surface area contributed by atoms with Crippen molar-refractivity contribution < 1.29 is 0 Å². The van der Waals surface area contributed by atoms with Crippen molar-refractivity contribution in [3.63, 3.8) is 0 Å². The predicted molar refractivity (Wildman–Crippen MR) is 69.4 cm³/mol. The summed E-state index contributed by atoms with van der Waals surface area (Å²) in [5, 5.41) is 2.56. The second kappa shape index (κ2) is 4.73. The third-order valence-corrected chi connectivity index (χ3v) is 4.40. The van der Waals surface area contributed by atoms with Crippen molar-refractivity contribution in [3.05, 3.63) is 47.3 Å². The average Bonchev–Trinajstić information content (AvgIpc) is 2.70. The van der Waals surface area contributed by atoms with Gasteiger partial charge in [0, 0.05) is 10.9 Å². The van der Waals surface area contributed by atoms with E-state index in [0.717, 1.165) is 5.69 Å². The maximum absolute atomic E-state index is 5.76. The minimum Gasteiger partial charge on any atom is -0.399 e. The molecule has 0 amide bonds. The number of thioether (sulfide) groups is 1. The van der Waals surface area contributed by atoms with Crippen LogP contribution in [0.1, 0.15) is 17.7 Å². The molecule has 78 valence electrons. The van der Waals surface area contributed by atoms with Gasteiger partial charge in [0.15, 0.2) is 0 Å². The maximum atomic E-state index is 5.76. The molecule has 0 radical (unpaired) electrons. The van der Waals surface area contributed by atoms with E-state index in [4.69, 9.17) is 5.73 Å². The van der Waals surface area contributed by atoms with Crippen LogP contribution in [0, 0.1) is 0 Å². The van der Waals surface area contributed by atoms with Crippen LogP contribution in [0.2, 0.25) is 0 Å². The molecule has 1 aromatic carbocycles. The van der Waals surface area contributed by atoms with E-state index in [0.29, 0.717) is 5.25 Å². The number of thiophene rings is 1. The normalized spacial score (nSPS) is 12.6. The zero-order valence-corrected chi connectivity index (χ0v) is 10.1. The van der Waals surface area contributed by atoms with E-state index in [1.807, 2.05) is 30.0 Å². The molecule has 1 aromatic heterocycles. The summed E-state index contributed by atoms with van der Waals surface area (Å²) in [6, 6.07) is 12.3. The molecule has 0 bridgehead atoms. The highest BCUT2D eigenvalue weighted by Gasteiger charge is 2.07. The van der Waals surface area contributed by atoms with Crippen molar-refractivity contribution in [2.45, 2.75) is 16.4 Å². The Balaban J connectivity index is 2.11. The molecule has 0 aliphatic heterocycles. The van der Waals surface area contributed by atoms with Crippen molar-refractivity contribution in [1.29, 1.82) is 0 Å². The SMILES string of the molecule is CC(Sc1cccs1)c1cccc(N)c1. The van der Waals surface area contributed by atoms with Crippen molar-refractivity contribution >= 4 is 28.8 Å². The molecule has 1 nitrogen and oxygen atoms in total. The molecule has 0 aliphatic rings. The smallest absolute Gasteiger partial charge is 0.0604 e. The lowest BCUT2D eigenvalue weighted by atomic mass is 10.1. The number of hydrogen-bond acceptors (Lipinski definition) is 3. The zero-order chi connectivity index (χ0) is 10.7. The van der Waals surface area contributed by atoms with Gasteiger partial charge < -0.3 is 5.73 Å². The summed E-state index contributed by atoms with van der Waals surface area (Å²) in [7, 11) is 0. The monoisotopic (exact) mass is 235 g/mol. The number of nitrogens with two attached hydrogens (primary N) is 1. The largest absolute Gasteiger partial charge is 0.399 e. The van der Waals surface area contributed by atoms with E-state index in [9.17, 15) is 0 Å². The molecule has 1 heterocycles. The van der Waals surface area contributed by atoms with Gasteiger partial charge in [-0.1, -0.05) is 18.2 Å². The molecule has 15 heavy (non-hydrogen) atoms. The first-order valence-corrected chi connectivity index (χ1v) is 6.57. The fourth-order valence-corrected chi connectivity index (χ4v) is 3.44. The Kier molecular flexibility index (Phi) is 3.34. The molecule has 0 aliphatic carbocycles. The Bertz CT molecular complexity index is 423. The van der Waals surface area contributed by atoms with Crippen molar-refractivity contribution in [2.24, 2.45) is 0 Å². The average molecular weight is 235 g/mol. The molecule has 1 atom stereocenters. The van der Waals surface area contributed by atoms with E-state index in [-0.39, 0.29) is 0 Å². The fraction of sp³-hybridized carbons (Fsp3) is 0.167. The summed E-state index contributed by atoms with van der Waals surface area (Å²) in [6.45, 7) is 2.21. The van der Waals surface area contributed by atoms with Crippen LogP contribution in [-0.2, 0) is 0 Å². The van der Waals surface area contributed by atoms with E-state index in [1.54, 1.807) is 11.3 Å². The Hall–Kier alpha value is -0.930. The van der Waals surface area contributed by atoms with Gasteiger partial charge in [0.25, 0.3) is 0 Å². The lowest BCUT2D eigenvalue weighted by Crippen LogP contribution is -1.90. The van der Waals surface area contributed by atoms with Crippen molar-refractivity contribution in [3.8, 4) is 0 Å². The molecule has 0 saturated carbocycles. The second-order valence-electron chi connectivity index (χ2n) is 3.36. The minimum absolute atomic E-state index is 0.451. The Morgan fingerprint density at radius 3 is 2.80 bits per heavy atom. The first-order valence-electron chi connectivity index (χ1n) is 4.81. The summed E-state index contributed by atoms with van der Waals surface area (Å²) in [5.41, 5.74) is 7.89. The highest BCUT2D eigenvalue weighted by molar-refractivity contribution is 8.01. The summed E-state index contributed by atoms with van der Waals surface area (Å²) >= 11 is 3.66. The molecule has 1 unspecified atom stereocenters. The van der Waals surface area contributed by atoms with Crippen LogP contribution < -0.4 is 5.73 Å². The topological polar surface area (TPSA) is 26.0 Å². The molecule has 0 saturated heterocycles. The zero-order valence-electron chi connectivity index (χ0n) is 8.51. The summed E-state index contributed by atoms with van der Waals surface area (Å²) in [5.74, 6) is 0. The number of rotatable bonds is 3. The predicted octanol–water partition coefficient (Wildman–Crippen LogP) is 4.18. The van der Waals surface area contributed by atoms with Crippen LogP contribution in [0.5, 0.6) is 0 Å². The lowest BCUT2D eigenvalue weighted by molar-refractivity contribution is 1.10. The summed E-state index contributed by atoms with van der Waals surface area (Å²) in [6.07, 6.45) is 0. The molecule has 3 heteroatoms. The third-order valence-electron chi connectivity index (χ3n) is 2.17. The number of hydrogen-bond donors (Lipinski definition) is 1. The molecule has 0 fully saturated rings. The van der Waals surface area contributed by atoms with Crippen LogP contribution >= 0.6 is 23.1 Å². The van der Waals surface area contributed by atoms with Gasteiger partial charge in [-0.15, -0.1) is 23.1 Å². The van der Waals surface area contributed by atoms with Gasteiger partial charge >= 0.3 is 0 Å². The van der Waals surface area contributed by atoms with Crippen LogP contribution in [0.25, 0.3) is 0 Å². The molecular weight excluding hydrogens is 222 g/mol. The van der Waals surface area contributed by atoms with E-state index < -0.39 is 0 Å². The summed E-state index contributed by atoms with van der Waals surface area (Å²) < 4.78 is 1.35. The Morgan fingerprint density at radius 2 is 2.13 bits per heavy atom. The van der Waals surface area contributed by atoms with Gasteiger partial charge in [-0.05, 0) is 36.1 Å². The van der Waals surface area contributed by atoms with Gasteiger partial charge in [0.2, 0.25) is 0 Å². The highest BCUT2D eigenvalue weighted by Crippen LogP contribution is 2.37. The van der Waals surface area contributed by atoms with Gasteiger partial charge in [-0.25, -0.2) is 0 Å². The molecule has 0 spiro atoms. The van der Waals surface area contributed by atoms with Crippen molar-refractivity contribution in [1.82, 2.24) is 0 Å². The first-order chi connectivity index (χ1) is 7.25. The van der Waals surface area contributed by atoms with Gasteiger partial charge in [-0.3, -0.25) is 0 Å². The molecule has 2 N–H and O–H groups in total. The van der Waals surface area contributed by atoms with Crippen LogP contribution in [0.3, 0.4) is 0 Å². The Labute approximate surface area is 98.3 Å². The van der Waals surface area contributed by atoms with Gasteiger partial charge in [0.05, 0.1) is 4.21 Å².